The number of rotatable bonds is 5. The van der Waals surface area contributed by atoms with Crippen LogP contribution in [0.5, 0.6) is 6.01 Å². The van der Waals surface area contributed by atoms with E-state index in [4.69, 9.17) is 0 Å². The Balaban J connectivity index is 3.13. The summed E-state index contributed by atoms with van der Waals surface area (Å²) in [5, 5.41) is 5.01. The highest BCUT2D eigenvalue weighted by Gasteiger charge is 2.59. The molecule has 0 saturated heterocycles. The van der Waals surface area contributed by atoms with Gasteiger partial charge in [0.1, 0.15) is 0 Å². The van der Waals surface area contributed by atoms with E-state index in [1.807, 2.05) is 0 Å². The average molecular weight is 333 g/mol. The van der Waals surface area contributed by atoms with E-state index in [0.717, 1.165) is 0 Å². The van der Waals surface area contributed by atoms with Crippen molar-refractivity contribution in [2.75, 3.05) is 17.7 Å². The first-order chi connectivity index (χ1) is 9.93. The van der Waals surface area contributed by atoms with E-state index in [9.17, 15) is 26.3 Å². The van der Waals surface area contributed by atoms with Crippen molar-refractivity contribution in [2.45, 2.75) is 38.3 Å². The SMILES string of the molecule is CNc1nc(NC(C)C)nc(OC(C(F)(F)F)C(F)(F)F)n1. The van der Waals surface area contributed by atoms with Gasteiger partial charge in [0, 0.05) is 13.1 Å². The van der Waals surface area contributed by atoms with Crippen molar-refractivity contribution in [3.63, 3.8) is 0 Å². The van der Waals surface area contributed by atoms with Gasteiger partial charge in [0.25, 0.3) is 6.10 Å². The van der Waals surface area contributed by atoms with Crippen LogP contribution in [-0.4, -0.2) is 46.5 Å². The molecule has 0 aromatic carbocycles. The maximum Gasteiger partial charge on any atom is 0.434 e. The van der Waals surface area contributed by atoms with Crippen molar-refractivity contribution < 1.29 is 31.1 Å². The zero-order valence-electron chi connectivity index (χ0n) is 11.7. The van der Waals surface area contributed by atoms with E-state index in [2.05, 4.69) is 30.3 Å². The number of nitrogens with one attached hydrogen (secondary N) is 2. The maximum atomic E-state index is 12.4. The molecule has 12 heteroatoms. The van der Waals surface area contributed by atoms with Gasteiger partial charge >= 0.3 is 18.4 Å². The van der Waals surface area contributed by atoms with Crippen molar-refractivity contribution in [3.8, 4) is 6.01 Å². The lowest BCUT2D eigenvalue weighted by atomic mass is 10.3. The van der Waals surface area contributed by atoms with E-state index in [0.29, 0.717) is 0 Å². The molecule has 22 heavy (non-hydrogen) atoms. The number of hydrogen-bond acceptors (Lipinski definition) is 6. The van der Waals surface area contributed by atoms with E-state index in [-0.39, 0.29) is 17.9 Å². The van der Waals surface area contributed by atoms with Crippen molar-refractivity contribution >= 4 is 11.9 Å². The van der Waals surface area contributed by atoms with Gasteiger partial charge in [-0.2, -0.15) is 41.3 Å². The van der Waals surface area contributed by atoms with Gasteiger partial charge in [-0.15, -0.1) is 0 Å². The van der Waals surface area contributed by atoms with Gasteiger partial charge in [0.15, 0.2) is 0 Å². The molecule has 0 radical (unpaired) electrons. The van der Waals surface area contributed by atoms with Crippen molar-refractivity contribution in [2.24, 2.45) is 0 Å². The summed E-state index contributed by atoms with van der Waals surface area (Å²) in [5.41, 5.74) is 0. The summed E-state index contributed by atoms with van der Waals surface area (Å²) < 4.78 is 78.6. The minimum absolute atomic E-state index is 0.207. The number of anilines is 2. The Hall–Kier alpha value is -2.01. The lowest BCUT2D eigenvalue weighted by molar-refractivity contribution is -0.301. The number of aromatic nitrogens is 3. The fourth-order valence-corrected chi connectivity index (χ4v) is 1.27. The highest BCUT2D eigenvalue weighted by atomic mass is 19.4. The summed E-state index contributed by atoms with van der Waals surface area (Å²) in [6.45, 7) is 3.36. The van der Waals surface area contributed by atoms with Crippen LogP contribution in [0.25, 0.3) is 0 Å². The third-order valence-corrected chi connectivity index (χ3v) is 2.07. The second-order valence-electron chi connectivity index (χ2n) is 4.40. The quantitative estimate of drug-likeness (QED) is 0.807. The lowest BCUT2D eigenvalue weighted by Crippen LogP contribution is -2.47. The standard InChI is InChI=1S/C10H13F6N5O/c1-4(2)18-7-19-6(17-3)20-8(21-7)22-5(9(11,12)13)10(14,15)16/h4-5H,1-3H3,(H2,17,18,19,20,21). The van der Waals surface area contributed by atoms with Crippen LogP contribution in [0.1, 0.15) is 13.8 Å². The zero-order valence-corrected chi connectivity index (χ0v) is 11.7. The number of alkyl halides is 6. The third kappa shape index (κ3) is 5.07. The summed E-state index contributed by atoms with van der Waals surface area (Å²) in [6, 6.07) is -1.30. The van der Waals surface area contributed by atoms with Gasteiger partial charge in [0.2, 0.25) is 11.9 Å². The molecule has 1 aromatic heterocycles. The smallest absolute Gasteiger partial charge is 0.434 e. The first kappa shape index (κ1) is 18.0. The monoisotopic (exact) mass is 333 g/mol. The predicted molar refractivity (Wildman–Crippen MR) is 64.7 cm³/mol. The first-order valence-electron chi connectivity index (χ1n) is 5.94. The Morgan fingerprint density at radius 1 is 0.909 bits per heavy atom. The molecule has 1 aromatic rings. The number of hydrogen-bond donors (Lipinski definition) is 2. The summed E-state index contributed by atoms with van der Waals surface area (Å²) in [4.78, 5) is 10.5. The molecule has 0 aliphatic heterocycles. The van der Waals surface area contributed by atoms with E-state index >= 15 is 0 Å². The molecule has 0 bridgehead atoms. The normalized spacial score (nSPS) is 12.7. The first-order valence-corrected chi connectivity index (χ1v) is 5.94. The molecule has 0 aliphatic rings. The zero-order chi connectivity index (χ0) is 17.1. The van der Waals surface area contributed by atoms with Crippen LogP contribution in [0, 0.1) is 0 Å². The van der Waals surface area contributed by atoms with Gasteiger partial charge in [-0.3, -0.25) is 0 Å². The summed E-state index contributed by atoms with van der Waals surface area (Å²) in [6.07, 6.45) is -15.3. The molecule has 1 heterocycles. The molecule has 1 rings (SSSR count). The Labute approximate surface area is 121 Å². The average Bonchev–Trinajstić information content (AvgIpc) is 2.32. The molecule has 2 N–H and O–H groups in total. The van der Waals surface area contributed by atoms with Crippen molar-refractivity contribution in [3.05, 3.63) is 0 Å². The molecule has 0 saturated carbocycles. The lowest BCUT2D eigenvalue weighted by Gasteiger charge is -2.23. The number of ether oxygens (including phenoxy) is 1. The number of halogens is 6. The second-order valence-corrected chi connectivity index (χ2v) is 4.40. The topological polar surface area (TPSA) is 72.0 Å². The second kappa shape index (κ2) is 6.40. The van der Waals surface area contributed by atoms with Crippen LogP contribution in [0.2, 0.25) is 0 Å². The minimum Gasteiger partial charge on any atom is -0.440 e. The molecule has 0 atom stereocenters. The van der Waals surface area contributed by atoms with Crippen LogP contribution in [-0.2, 0) is 0 Å². The van der Waals surface area contributed by atoms with E-state index in [1.165, 1.54) is 7.05 Å². The Morgan fingerprint density at radius 3 is 1.82 bits per heavy atom. The molecular weight excluding hydrogens is 320 g/mol. The summed E-state index contributed by atoms with van der Waals surface area (Å²) >= 11 is 0. The van der Waals surface area contributed by atoms with Gasteiger partial charge in [-0.1, -0.05) is 0 Å². The fraction of sp³-hybridized carbons (Fsp3) is 0.700. The number of nitrogens with zero attached hydrogens (tertiary/aromatic N) is 3. The van der Waals surface area contributed by atoms with Crippen LogP contribution >= 0.6 is 0 Å². The van der Waals surface area contributed by atoms with Crippen LogP contribution in [0.15, 0.2) is 0 Å². The Kier molecular flexibility index (Phi) is 5.25. The summed E-state index contributed by atoms with van der Waals surface area (Å²) in [7, 11) is 1.34. The molecule has 0 amide bonds. The maximum absolute atomic E-state index is 12.4. The molecule has 0 spiro atoms. The van der Waals surface area contributed by atoms with E-state index in [1.54, 1.807) is 13.8 Å². The largest absolute Gasteiger partial charge is 0.440 e. The van der Waals surface area contributed by atoms with E-state index < -0.39 is 24.5 Å². The predicted octanol–water partition coefficient (Wildman–Crippen LogP) is 2.61. The van der Waals surface area contributed by atoms with Crippen LogP contribution < -0.4 is 15.4 Å². The van der Waals surface area contributed by atoms with Gasteiger partial charge in [0.05, 0.1) is 0 Å². The van der Waals surface area contributed by atoms with Gasteiger partial charge in [-0.25, -0.2) is 0 Å². The molecular formula is C10H13F6N5O. The molecule has 0 fully saturated rings. The molecule has 0 aliphatic carbocycles. The Bertz CT molecular complexity index is 490. The highest BCUT2D eigenvalue weighted by Crippen LogP contribution is 2.35. The fourth-order valence-electron chi connectivity index (χ4n) is 1.27. The third-order valence-electron chi connectivity index (χ3n) is 2.07. The van der Waals surface area contributed by atoms with Crippen LogP contribution in [0.3, 0.4) is 0 Å². The molecule has 126 valence electrons. The Morgan fingerprint density at radius 2 is 1.41 bits per heavy atom. The molecule has 6 nitrogen and oxygen atoms in total. The van der Waals surface area contributed by atoms with Gasteiger partial charge < -0.3 is 15.4 Å². The highest BCUT2D eigenvalue weighted by molar-refractivity contribution is 5.35. The van der Waals surface area contributed by atoms with Crippen molar-refractivity contribution in [1.82, 2.24) is 15.0 Å². The van der Waals surface area contributed by atoms with Crippen LogP contribution in [0.4, 0.5) is 38.2 Å². The summed E-state index contributed by atoms with van der Waals surface area (Å²) in [5.74, 6) is -0.455. The van der Waals surface area contributed by atoms with Crippen molar-refractivity contribution in [1.29, 1.82) is 0 Å². The van der Waals surface area contributed by atoms with Gasteiger partial charge in [-0.05, 0) is 13.8 Å². The molecule has 0 unspecified atom stereocenters. The minimum atomic E-state index is -5.66.